The summed E-state index contributed by atoms with van der Waals surface area (Å²) in [4.78, 5) is 12.0. The first-order valence-electron chi connectivity index (χ1n) is 6.26. The van der Waals surface area contributed by atoms with E-state index in [4.69, 9.17) is 11.6 Å². The van der Waals surface area contributed by atoms with Crippen molar-refractivity contribution in [2.75, 3.05) is 18.4 Å². The molecule has 1 aliphatic rings. The predicted molar refractivity (Wildman–Crippen MR) is 70.7 cm³/mol. The minimum atomic E-state index is -4.46. The van der Waals surface area contributed by atoms with Crippen molar-refractivity contribution in [3.63, 3.8) is 0 Å². The lowest BCUT2D eigenvalue weighted by molar-refractivity contribution is -0.137. The van der Waals surface area contributed by atoms with Gasteiger partial charge in [0, 0.05) is 6.54 Å². The number of anilines is 1. The van der Waals surface area contributed by atoms with E-state index >= 15 is 0 Å². The third kappa shape index (κ3) is 3.64. The normalized spacial score (nSPS) is 19.7. The first-order valence-corrected chi connectivity index (χ1v) is 6.64. The van der Waals surface area contributed by atoms with Gasteiger partial charge in [-0.3, -0.25) is 4.79 Å². The van der Waals surface area contributed by atoms with Gasteiger partial charge >= 0.3 is 6.18 Å². The van der Waals surface area contributed by atoms with Crippen molar-refractivity contribution >= 4 is 23.2 Å². The highest BCUT2D eigenvalue weighted by Gasteiger charge is 2.31. The number of carbonyl (C=O) groups excluding carboxylic acids is 1. The van der Waals surface area contributed by atoms with Crippen LogP contribution in [0.2, 0.25) is 5.02 Å². The Kier molecular flexibility index (Phi) is 4.55. The lowest BCUT2D eigenvalue weighted by Gasteiger charge is -2.22. The average Bonchev–Trinajstić information content (AvgIpc) is 2.41. The molecule has 2 rings (SSSR count). The van der Waals surface area contributed by atoms with Crippen LogP contribution in [0.4, 0.5) is 18.9 Å². The van der Waals surface area contributed by atoms with Gasteiger partial charge in [0.1, 0.15) is 0 Å². The molecule has 1 heterocycles. The van der Waals surface area contributed by atoms with Crippen molar-refractivity contribution in [3.05, 3.63) is 28.8 Å². The number of nitrogens with one attached hydrogen (secondary N) is 2. The number of rotatable bonds is 2. The second-order valence-electron chi connectivity index (χ2n) is 4.72. The maximum absolute atomic E-state index is 12.6. The van der Waals surface area contributed by atoms with Crippen LogP contribution in [0, 0.1) is 5.92 Å². The van der Waals surface area contributed by atoms with Crippen LogP contribution in [0.1, 0.15) is 18.4 Å². The lowest BCUT2D eigenvalue weighted by Crippen LogP contribution is -2.37. The Morgan fingerprint density at radius 2 is 2.15 bits per heavy atom. The van der Waals surface area contributed by atoms with Gasteiger partial charge in [-0.2, -0.15) is 13.2 Å². The molecule has 0 radical (unpaired) electrons. The average molecular weight is 307 g/mol. The van der Waals surface area contributed by atoms with Gasteiger partial charge in [-0.05, 0) is 37.6 Å². The molecular formula is C13H14ClF3N2O. The van der Waals surface area contributed by atoms with Crippen LogP contribution in [0.15, 0.2) is 18.2 Å². The van der Waals surface area contributed by atoms with E-state index in [1.54, 1.807) is 0 Å². The largest absolute Gasteiger partial charge is 0.416 e. The predicted octanol–water partition coefficient (Wildman–Crippen LogP) is 3.30. The van der Waals surface area contributed by atoms with Crippen LogP contribution < -0.4 is 10.6 Å². The van der Waals surface area contributed by atoms with Crippen molar-refractivity contribution in [3.8, 4) is 0 Å². The zero-order valence-electron chi connectivity index (χ0n) is 10.6. The maximum atomic E-state index is 12.6. The van der Waals surface area contributed by atoms with Gasteiger partial charge in [0.05, 0.1) is 22.2 Å². The number of piperidine rings is 1. The second-order valence-corrected chi connectivity index (χ2v) is 5.13. The Morgan fingerprint density at radius 3 is 2.75 bits per heavy atom. The summed E-state index contributed by atoms with van der Waals surface area (Å²) in [6, 6.07) is 2.88. The smallest absolute Gasteiger partial charge is 0.324 e. The van der Waals surface area contributed by atoms with E-state index in [-0.39, 0.29) is 22.5 Å². The van der Waals surface area contributed by atoms with E-state index in [0.29, 0.717) is 6.54 Å². The summed E-state index contributed by atoms with van der Waals surface area (Å²) in [5.74, 6) is -0.548. The molecular weight excluding hydrogens is 293 g/mol. The number of alkyl halides is 3. The van der Waals surface area contributed by atoms with Gasteiger partial charge < -0.3 is 10.6 Å². The maximum Gasteiger partial charge on any atom is 0.416 e. The Bertz CT molecular complexity index is 499. The summed E-state index contributed by atoms with van der Waals surface area (Å²) in [6.45, 7) is 1.39. The molecule has 20 heavy (non-hydrogen) atoms. The Balaban J connectivity index is 2.13. The summed E-state index contributed by atoms with van der Waals surface area (Å²) in [5, 5.41) is 5.65. The van der Waals surface area contributed by atoms with Crippen molar-refractivity contribution in [1.29, 1.82) is 0 Å². The summed E-state index contributed by atoms with van der Waals surface area (Å²) >= 11 is 5.83. The lowest BCUT2D eigenvalue weighted by atomic mass is 9.98. The van der Waals surface area contributed by atoms with Crippen molar-refractivity contribution in [2.45, 2.75) is 19.0 Å². The summed E-state index contributed by atoms with van der Waals surface area (Å²) in [6.07, 6.45) is -2.87. The minimum absolute atomic E-state index is 0.00272. The Labute approximate surface area is 119 Å². The molecule has 0 aromatic heterocycles. The fourth-order valence-electron chi connectivity index (χ4n) is 2.11. The van der Waals surface area contributed by atoms with Gasteiger partial charge in [0.2, 0.25) is 5.91 Å². The van der Waals surface area contributed by atoms with Crippen LogP contribution in [0.25, 0.3) is 0 Å². The van der Waals surface area contributed by atoms with E-state index < -0.39 is 11.7 Å². The van der Waals surface area contributed by atoms with Gasteiger partial charge in [0.15, 0.2) is 0 Å². The Morgan fingerprint density at radius 1 is 1.40 bits per heavy atom. The van der Waals surface area contributed by atoms with E-state index in [1.807, 2.05) is 0 Å². The van der Waals surface area contributed by atoms with Crippen LogP contribution in [-0.4, -0.2) is 19.0 Å². The molecule has 0 saturated carbocycles. The number of benzene rings is 1. The molecule has 1 aliphatic heterocycles. The SMILES string of the molecule is O=C(Nc1cc(C(F)(F)F)ccc1Cl)[C@@H]1CCCNC1. The summed E-state index contributed by atoms with van der Waals surface area (Å²) in [7, 11) is 0. The minimum Gasteiger partial charge on any atom is -0.324 e. The fraction of sp³-hybridized carbons (Fsp3) is 0.462. The third-order valence-electron chi connectivity index (χ3n) is 3.22. The topological polar surface area (TPSA) is 41.1 Å². The molecule has 0 unspecified atom stereocenters. The van der Waals surface area contributed by atoms with E-state index in [9.17, 15) is 18.0 Å². The number of hydrogen-bond donors (Lipinski definition) is 2. The van der Waals surface area contributed by atoms with Gasteiger partial charge in [0.25, 0.3) is 0 Å². The van der Waals surface area contributed by atoms with Crippen molar-refractivity contribution in [1.82, 2.24) is 5.32 Å². The standard InChI is InChI=1S/C13H14ClF3N2O/c14-10-4-3-9(13(15,16)17)6-11(10)19-12(20)8-2-1-5-18-7-8/h3-4,6,8,18H,1-2,5,7H2,(H,19,20)/t8-/m1/s1. The monoisotopic (exact) mass is 306 g/mol. The first kappa shape index (κ1) is 15.1. The van der Waals surface area contributed by atoms with Gasteiger partial charge in [-0.25, -0.2) is 0 Å². The quantitative estimate of drug-likeness (QED) is 0.880. The number of halogens is 4. The highest BCUT2D eigenvalue weighted by molar-refractivity contribution is 6.33. The van der Waals surface area contributed by atoms with Crippen LogP contribution in [0.5, 0.6) is 0 Å². The highest BCUT2D eigenvalue weighted by atomic mass is 35.5. The highest BCUT2D eigenvalue weighted by Crippen LogP contribution is 2.34. The molecule has 0 spiro atoms. The van der Waals surface area contributed by atoms with Crippen LogP contribution >= 0.6 is 11.6 Å². The first-order chi connectivity index (χ1) is 9.38. The molecule has 1 saturated heterocycles. The third-order valence-corrected chi connectivity index (χ3v) is 3.55. The molecule has 110 valence electrons. The Hall–Kier alpha value is -1.27. The molecule has 1 amide bonds. The number of amides is 1. The van der Waals surface area contributed by atoms with Crippen molar-refractivity contribution in [2.24, 2.45) is 5.92 Å². The molecule has 1 aromatic rings. The van der Waals surface area contributed by atoms with Gasteiger partial charge in [-0.1, -0.05) is 11.6 Å². The molecule has 1 atom stereocenters. The summed E-state index contributed by atoms with van der Waals surface area (Å²) in [5.41, 5.74) is -0.837. The molecule has 1 fully saturated rings. The van der Waals surface area contributed by atoms with E-state index in [1.165, 1.54) is 0 Å². The summed E-state index contributed by atoms with van der Waals surface area (Å²) < 4.78 is 37.9. The molecule has 0 aliphatic carbocycles. The van der Waals surface area contributed by atoms with Gasteiger partial charge in [-0.15, -0.1) is 0 Å². The molecule has 3 nitrogen and oxygen atoms in total. The number of hydrogen-bond acceptors (Lipinski definition) is 2. The molecule has 0 bridgehead atoms. The van der Waals surface area contributed by atoms with E-state index in [2.05, 4.69) is 10.6 Å². The number of carbonyl (C=O) groups is 1. The zero-order chi connectivity index (χ0) is 14.8. The second kappa shape index (κ2) is 6.01. The fourth-order valence-corrected chi connectivity index (χ4v) is 2.27. The van der Waals surface area contributed by atoms with Crippen molar-refractivity contribution < 1.29 is 18.0 Å². The molecule has 2 N–H and O–H groups in total. The molecule has 1 aromatic carbocycles. The van der Waals surface area contributed by atoms with Crippen LogP contribution in [0.3, 0.4) is 0 Å². The zero-order valence-corrected chi connectivity index (χ0v) is 11.3. The molecule has 7 heteroatoms. The van der Waals surface area contributed by atoms with E-state index in [0.717, 1.165) is 37.6 Å². The van der Waals surface area contributed by atoms with Crippen LogP contribution in [-0.2, 0) is 11.0 Å².